The normalized spacial score (nSPS) is 15.3. The molecule has 0 aliphatic carbocycles. The van der Waals surface area contributed by atoms with Crippen LogP contribution in [0.3, 0.4) is 0 Å². The van der Waals surface area contributed by atoms with E-state index in [1.54, 1.807) is 12.1 Å². The van der Waals surface area contributed by atoms with Crippen LogP contribution >= 0.6 is 0 Å². The van der Waals surface area contributed by atoms with Gasteiger partial charge in [-0.05, 0) is 48.7 Å². The second-order valence-electron chi connectivity index (χ2n) is 4.62. The minimum absolute atomic E-state index is 0.190. The molecule has 0 fully saturated rings. The first-order valence-corrected chi connectivity index (χ1v) is 6.59. The van der Waals surface area contributed by atoms with Crippen molar-refractivity contribution in [1.82, 2.24) is 5.32 Å². The maximum absolute atomic E-state index is 13.2. The first-order valence-electron chi connectivity index (χ1n) is 6.59. The van der Waals surface area contributed by atoms with Crippen LogP contribution in [0.4, 0.5) is 4.39 Å². The van der Waals surface area contributed by atoms with Crippen LogP contribution in [0.5, 0.6) is 5.75 Å². The standard InChI is InChI=1S/C15H20FNO/c1-2-4-13-9-14(16)6-7-15(13)18-11-12-5-3-8-17-10-12/h5-7,9,17H,2-4,8,10-11H2,1H3. The summed E-state index contributed by atoms with van der Waals surface area (Å²) in [6, 6.07) is 4.77. The van der Waals surface area contributed by atoms with E-state index in [0.717, 1.165) is 43.7 Å². The summed E-state index contributed by atoms with van der Waals surface area (Å²) >= 11 is 0. The van der Waals surface area contributed by atoms with Crippen molar-refractivity contribution in [2.75, 3.05) is 19.7 Å². The van der Waals surface area contributed by atoms with Crippen LogP contribution in [0.2, 0.25) is 0 Å². The van der Waals surface area contributed by atoms with E-state index >= 15 is 0 Å². The lowest BCUT2D eigenvalue weighted by Gasteiger charge is -2.16. The predicted octanol–water partition coefficient (Wildman–Crippen LogP) is 3.08. The van der Waals surface area contributed by atoms with Gasteiger partial charge in [-0.2, -0.15) is 0 Å². The van der Waals surface area contributed by atoms with Gasteiger partial charge < -0.3 is 10.1 Å². The summed E-state index contributed by atoms with van der Waals surface area (Å²) in [5, 5.41) is 3.31. The molecule has 0 aromatic heterocycles. The maximum atomic E-state index is 13.2. The molecule has 2 nitrogen and oxygen atoms in total. The lowest BCUT2D eigenvalue weighted by atomic mass is 10.1. The van der Waals surface area contributed by atoms with Gasteiger partial charge in [0.25, 0.3) is 0 Å². The summed E-state index contributed by atoms with van der Waals surface area (Å²) in [6.07, 6.45) is 5.12. The van der Waals surface area contributed by atoms with Gasteiger partial charge in [0.2, 0.25) is 0 Å². The van der Waals surface area contributed by atoms with Crippen molar-refractivity contribution in [2.45, 2.75) is 26.2 Å². The van der Waals surface area contributed by atoms with Crippen LogP contribution in [0.15, 0.2) is 29.8 Å². The Balaban J connectivity index is 2.01. The van der Waals surface area contributed by atoms with Gasteiger partial charge in [-0.3, -0.25) is 0 Å². The van der Waals surface area contributed by atoms with Crippen LogP contribution < -0.4 is 10.1 Å². The molecule has 98 valence electrons. The number of hydrogen-bond donors (Lipinski definition) is 1. The summed E-state index contributed by atoms with van der Waals surface area (Å²) in [5.74, 6) is 0.620. The van der Waals surface area contributed by atoms with Gasteiger partial charge in [0.1, 0.15) is 18.2 Å². The molecule has 1 aliphatic rings. The Morgan fingerprint density at radius 1 is 1.39 bits per heavy atom. The fourth-order valence-electron chi connectivity index (χ4n) is 2.13. The molecule has 1 heterocycles. The number of hydrogen-bond acceptors (Lipinski definition) is 2. The lowest BCUT2D eigenvalue weighted by molar-refractivity contribution is 0.340. The highest BCUT2D eigenvalue weighted by molar-refractivity contribution is 5.34. The molecule has 0 unspecified atom stereocenters. The number of aryl methyl sites for hydroxylation is 1. The zero-order chi connectivity index (χ0) is 12.8. The van der Waals surface area contributed by atoms with E-state index < -0.39 is 0 Å². The minimum Gasteiger partial charge on any atom is -0.489 e. The van der Waals surface area contributed by atoms with Gasteiger partial charge in [0.05, 0.1) is 0 Å². The number of nitrogens with one attached hydrogen (secondary N) is 1. The van der Waals surface area contributed by atoms with Crippen molar-refractivity contribution in [3.8, 4) is 5.75 Å². The van der Waals surface area contributed by atoms with Gasteiger partial charge in [0, 0.05) is 6.54 Å². The highest BCUT2D eigenvalue weighted by Gasteiger charge is 2.07. The van der Waals surface area contributed by atoms with Crippen LogP contribution in [-0.2, 0) is 6.42 Å². The van der Waals surface area contributed by atoms with E-state index in [4.69, 9.17) is 4.74 Å². The van der Waals surface area contributed by atoms with Gasteiger partial charge >= 0.3 is 0 Å². The molecule has 1 aromatic rings. The van der Waals surface area contributed by atoms with E-state index in [-0.39, 0.29) is 5.82 Å². The third-order valence-electron chi connectivity index (χ3n) is 3.06. The summed E-state index contributed by atoms with van der Waals surface area (Å²) in [5.41, 5.74) is 2.23. The third kappa shape index (κ3) is 3.57. The Morgan fingerprint density at radius 3 is 3.00 bits per heavy atom. The molecule has 1 N–H and O–H groups in total. The SMILES string of the molecule is CCCc1cc(F)ccc1OCC1=CCCNC1. The van der Waals surface area contributed by atoms with Crippen molar-refractivity contribution in [3.63, 3.8) is 0 Å². The molecule has 0 atom stereocenters. The first kappa shape index (κ1) is 13.1. The van der Waals surface area contributed by atoms with Crippen molar-refractivity contribution < 1.29 is 9.13 Å². The lowest BCUT2D eigenvalue weighted by Crippen LogP contribution is -2.25. The van der Waals surface area contributed by atoms with Crippen LogP contribution in [-0.4, -0.2) is 19.7 Å². The summed E-state index contributed by atoms with van der Waals surface area (Å²) < 4.78 is 19.0. The molecule has 18 heavy (non-hydrogen) atoms. The Bertz CT molecular complexity index is 429. The van der Waals surface area contributed by atoms with Crippen molar-refractivity contribution in [1.29, 1.82) is 0 Å². The van der Waals surface area contributed by atoms with Gasteiger partial charge in [-0.25, -0.2) is 4.39 Å². The number of ether oxygens (including phenoxy) is 1. The molecule has 0 bridgehead atoms. The zero-order valence-electron chi connectivity index (χ0n) is 10.8. The van der Waals surface area contributed by atoms with Crippen molar-refractivity contribution >= 4 is 0 Å². The monoisotopic (exact) mass is 249 g/mol. The summed E-state index contributed by atoms with van der Waals surface area (Å²) in [7, 11) is 0. The number of halogens is 1. The molecule has 3 heteroatoms. The number of benzene rings is 1. The zero-order valence-corrected chi connectivity index (χ0v) is 10.8. The number of rotatable bonds is 5. The van der Waals surface area contributed by atoms with E-state index in [1.807, 2.05) is 0 Å². The molecule has 2 rings (SSSR count). The van der Waals surface area contributed by atoms with E-state index in [9.17, 15) is 4.39 Å². The Morgan fingerprint density at radius 2 is 2.28 bits per heavy atom. The maximum Gasteiger partial charge on any atom is 0.123 e. The second-order valence-corrected chi connectivity index (χ2v) is 4.62. The molecular weight excluding hydrogens is 229 g/mol. The molecule has 0 amide bonds. The van der Waals surface area contributed by atoms with Crippen LogP contribution in [0, 0.1) is 5.82 Å². The molecule has 1 aliphatic heterocycles. The van der Waals surface area contributed by atoms with Gasteiger partial charge in [0.15, 0.2) is 0 Å². The average molecular weight is 249 g/mol. The predicted molar refractivity (Wildman–Crippen MR) is 71.5 cm³/mol. The fourth-order valence-corrected chi connectivity index (χ4v) is 2.13. The van der Waals surface area contributed by atoms with E-state index in [1.165, 1.54) is 11.6 Å². The van der Waals surface area contributed by atoms with Crippen LogP contribution in [0.1, 0.15) is 25.3 Å². The first-order chi connectivity index (χ1) is 8.79. The van der Waals surface area contributed by atoms with Crippen LogP contribution in [0.25, 0.3) is 0 Å². The Kier molecular flexibility index (Phi) is 4.76. The van der Waals surface area contributed by atoms with Gasteiger partial charge in [-0.15, -0.1) is 0 Å². The highest BCUT2D eigenvalue weighted by Crippen LogP contribution is 2.22. The smallest absolute Gasteiger partial charge is 0.123 e. The minimum atomic E-state index is -0.190. The van der Waals surface area contributed by atoms with Gasteiger partial charge in [-0.1, -0.05) is 19.4 Å². The Hall–Kier alpha value is -1.35. The summed E-state index contributed by atoms with van der Waals surface area (Å²) in [6.45, 7) is 4.61. The molecule has 0 radical (unpaired) electrons. The molecule has 0 spiro atoms. The quantitative estimate of drug-likeness (QED) is 0.810. The molecule has 0 saturated heterocycles. The second kappa shape index (κ2) is 6.55. The summed E-state index contributed by atoms with van der Waals surface area (Å²) in [4.78, 5) is 0. The van der Waals surface area contributed by atoms with Crippen molar-refractivity contribution in [3.05, 3.63) is 41.2 Å². The van der Waals surface area contributed by atoms with Crippen molar-refractivity contribution in [2.24, 2.45) is 0 Å². The van der Waals surface area contributed by atoms with E-state index in [2.05, 4.69) is 18.3 Å². The third-order valence-corrected chi connectivity index (χ3v) is 3.06. The molecular formula is C15H20FNO. The average Bonchev–Trinajstić information content (AvgIpc) is 2.39. The Labute approximate surface area is 108 Å². The molecule has 0 saturated carbocycles. The van der Waals surface area contributed by atoms with E-state index in [0.29, 0.717) is 6.61 Å². The molecule has 1 aromatic carbocycles. The largest absolute Gasteiger partial charge is 0.489 e. The fraction of sp³-hybridized carbons (Fsp3) is 0.467. The topological polar surface area (TPSA) is 21.3 Å². The highest BCUT2D eigenvalue weighted by atomic mass is 19.1.